The summed E-state index contributed by atoms with van der Waals surface area (Å²) in [6.07, 6.45) is 2.37. The van der Waals surface area contributed by atoms with Gasteiger partial charge in [-0.2, -0.15) is 4.98 Å². The minimum Gasteiger partial charge on any atom is -0.489 e. The zero-order chi connectivity index (χ0) is 23.5. The molecule has 2 heterocycles. The standard InChI is InChI=1S/C24H25FN4O4/c1-4-31-21(30)8-6-15-12-27-22-17(15)10-16(25)11-18(22)23-28-24(33-29-23)14-5-7-20(19(26)9-14)32-13(2)3/h5,7,9-13,27H,4,6,8,26H2,1-3H3. The van der Waals surface area contributed by atoms with Crippen LogP contribution in [0.3, 0.4) is 0 Å². The van der Waals surface area contributed by atoms with E-state index in [2.05, 4.69) is 15.1 Å². The van der Waals surface area contributed by atoms with Crippen molar-refractivity contribution >= 4 is 22.6 Å². The number of rotatable bonds is 8. The van der Waals surface area contributed by atoms with Crippen LogP contribution in [0.15, 0.2) is 41.1 Å². The van der Waals surface area contributed by atoms with E-state index in [1.807, 2.05) is 13.8 Å². The van der Waals surface area contributed by atoms with E-state index in [1.54, 1.807) is 31.3 Å². The maximum absolute atomic E-state index is 14.5. The molecular weight excluding hydrogens is 427 g/mol. The number of benzene rings is 2. The molecule has 4 aromatic rings. The molecule has 2 aromatic carbocycles. The van der Waals surface area contributed by atoms with Gasteiger partial charge in [0.15, 0.2) is 0 Å². The average Bonchev–Trinajstić information content (AvgIpc) is 3.40. The fraction of sp³-hybridized carbons (Fsp3) is 0.292. The zero-order valence-electron chi connectivity index (χ0n) is 18.6. The first-order valence-corrected chi connectivity index (χ1v) is 10.7. The SMILES string of the molecule is CCOC(=O)CCc1c[nH]c2c(-c3noc(-c4ccc(OC(C)C)c(N)c4)n3)cc(F)cc12. The Hall–Kier alpha value is -3.88. The number of nitrogens with one attached hydrogen (secondary N) is 1. The third-order valence-corrected chi connectivity index (χ3v) is 5.03. The Morgan fingerprint density at radius 3 is 2.82 bits per heavy atom. The molecule has 0 aliphatic carbocycles. The summed E-state index contributed by atoms with van der Waals surface area (Å²) in [5.41, 5.74) is 9.07. The molecule has 0 aliphatic heterocycles. The number of carbonyl (C=O) groups excluding carboxylic acids is 1. The number of halogens is 1. The Morgan fingerprint density at radius 2 is 2.09 bits per heavy atom. The summed E-state index contributed by atoms with van der Waals surface area (Å²) in [4.78, 5) is 19.3. The van der Waals surface area contributed by atoms with Crippen molar-refractivity contribution in [1.82, 2.24) is 15.1 Å². The van der Waals surface area contributed by atoms with Crippen LogP contribution in [0, 0.1) is 5.82 Å². The molecule has 33 heavy (non-hydrogen) atoms. The quantitative estimate of drug-likeness (QED) is 0.289. The van der Waals surface area contributed by atoms with Gasteiger partial charge >= 0.3 is 5.97 Å². The summed E-state index contributed by atoms with van der Waals surface area (Å²) >= 11 is 0. The van der Waals surface area contributed by atoms with E-state index < -0.39 is 5.82 Å². The maximum Gasteiger partial charge on any atom is 0.306 e. The van der Waals surface area contributed by atoms with Crippen molar-refractivity contribution in [2.45, 2.75) is 39.7 Å². The minimum atomic E-state index is -0.444. The van der Waals surface area contributed by atoms with Crippen LogP contribution in [0.1, 0.15) is 32.8 Å². The first-order valence-electron chi connectivity index (χ1n) is 10.7. The van der Waals surface area contributed by atoms with Crippen LogP contribution in [0.2, 0.25) is 0 Å². The summed E-state index contributed by atoms with van der Waals surface area (Å²) in [6.45, 7) is 5.91. The molecule has 0 unspecified atom stereocenters. The van der Waals surface area contributed by atoms with Gasteiger partial charge in [0.25, 0.3) is 5.89 Å². The van der Waals surface area contributed by atoms with Crippen molar-refractivity contribution in [3.05, 3.63) is 47.9 Å². The van der Waals surface area contributed by atoms with Crippen molar-refractivity contribution < 1.29 is 23.2 Å². The second-order valence-electron chi connectivity index (χ2n) is 7.84. The molecule has 0 bridgehead atoms. The molecule has 9 heteroatoms. The van der Waals surface area contributed by atoms with E-state index >= 15 is 0 Å². The lowest BCUT2D eigenvalue weighted by Crippen LogP contribution is -2.07. The third-order valence-electron chi connectivity index (χ3n) is 5.03. The minimum absolute atomic E-state index is 0.00785. The number of H-pyrrole nitrogens is 1. The number of aromatic amines is 1. The molecule has 0 amide bonds. The van der Waals surface area contributed by atoms with Crippen LogP contribution < -0.4 is 10.5 Å². The molecule has 4 rings (SSSR count). The number of ether oxygens (including phenoxy) is 2. The van der Waals surface area contributed by atoms with E-state index in [1.165, 1.54) is 12.1 Å². The van der Waals surface area contributed by atoms with Gasteiger partial charge in [0.05, 0.1) is 23.9 Å². The van der Waals surface area contributed by atoms with Crippen LogP contribution in [0.4, 0.5) is 10.1 Å². The average molecular weight is 452 g/mol. The monoisotopic (exact) mass is 452 g/mol. The van der Waals surface area contributed by atoms with Crippen molar-refractivity contribution in [3.63, 3.8) is 0 Å². The van der Waals surface area contributed by atoms with Crippen LogP contribution in [0.25, 0.3) is 33.7 Å². The predicted octanol–water partition coefficient (Wildman–Crippen LogP) is 4.89. The van der Waals surface area contributed by atoms with Gasteiger partial charge < -0.3 is 24.7 Å². The molecule has 0 saturated carbocycles. The van der Waals surface area contributed by atoms with Crippen LogP contribution in [-0.2, 0) is 16.0 Å². The summed E-state index contributed by atoms with van der Waals surface area (Å²) in [7, 11) is 0. The summed E-state index contributed by atoms with van der Waals surface area (Å²) in [5, 5.41) is 4.70. The van der Waals surface area contributed by atoms with Gasteiger partial charge in [-0.05, 0) is 63.1 Å². The van der Waals surface area contributed by atoms with Gasteiger partial charge in [0.1, 0.15) is 11.6 Å². The Bertz CT molecular complexity index is 1300. The second-order valence-corrected chi connectivity index (χ2v) is 7.84. The van der Waals surface area contributed by atoms with Crippen molar-refractivity contribution in [1.29, 1.82) is 0 Å². The highest BCUT2D eigenvalue weighted by molar-refractivity contribution is 5.95. The number of carbonyl (C=O) groups is 1. The number of nitrogens with zero attached hydrogens (tertiary/aromatic N) is 2. The van der Waals surface area contributed by atoms with E-state index in [0.29, 0.717) is 46.5 Å². The number of aromatic nitrogens is 3. The molecule has 0 aliphatic rings. The number of nitrogens with two attached hydrogens (primary N) is 1. The Morgan fingerprint density at radius 1 is 1.27 bits per heavy atom. The Labute approximate surface area is 189 Å². The maximum atomic E-state index is 14.5. The predicted molar refractivity (Wildman–Crippen MR) is 122 cm³/mol. The largest absolute Gasteiger partial charge is 0.489 e. The van der Waals surface area contributed by atoms with Crippen molar-refractivity contribution in [3.8, 4) is 28.6 Å². The molecule has 2 aromatic heterocycles. The summed E-state index contributed by atoms with van der Waals surface area (Å²) in [6, 6.07) is 7.98. The molecule has 0 spiro atoms. The Balaban J connectivity index is 1.64. The van der Waals surface area contributed by atoms with Gasteiger partial charge in [0.2, 0.25) is 5.82 Å². The lowest BCUT2D eigenvalue weighted by Gasteiger charge is -2.12. The topological polar surface area (TPSA) is 116 Å². The molecule has 3 N–H and O–H groups in total. The second kappa shape index (κ2) is 9.32. The highest BCUT2D eigenvalue weighted by Crippen LogP contribution is 2.33. The van der Waals surface area contributed by atoms with Crippen LogP contribution in [-0.4, -0.2) is 33.8 Å². The number of esters is 1. The molecule has 0 atom stereocenters. The first-order chi connectivity index (χ1) is 15.9. The molecule has 8 nitrogen and oxygen atoms in total. The van der Waals surface area contributed by atoms with E-state index in [9.17, 15) is 9.18 Å². The molecule has 0 radical (unpaired) electrons. The van der Waals surface area contributed by atoms with Crippen LogP contribution in [0.5, 0.6) is 5.75 Å². The van der Waals surface area contributed by atoms with Crippen LogP contribution >= 0.6 is 0 Å². The highest BCUT2D eigenvalue weighted by Gasteiger charge is 2.18. The van der Waals surface area contributed by atoms with Gasteiger partial charge in [-0.25, -0.2) is 4.39 Å². The lowest BCUT2D eigenvalue weighted by molar-refractivity contribution is -0.143. The van der Waals surface area contributed by atoms with E-state index in [-0.39, 0.29) is 30.2 Å². The normalized spacial score (nSPS) is 11.3. The Kier molecular flexibility index (Phi) is 6.30. The number of hydrogen-bond acceptors (Lipinski definition) is 7. The first kappa shape index (κ1) is 22.3. The third kappa shape index (κ3) is 4.82. The van der Waals surface area contributed by atoms with Gasteiger partial charge in [0, 0.05) is 29.1 Å². The number of aryl methyl sites for hydroxylation is 1. The zero-order valence-corrected chi connectivity index (χ0v) is 18.6. The fourth-order valence-corrected chi connectivity index (χ4v) is 3.60. The van der Waals surface area contributed by atoms with Gasteiger partial charge in [-0.3, -0.25) is 4.79 Å². The number of anilines is 1. The number of hydrogen-bond donors (Lipinski definition) is 2. The summed E-state index contributed by atoms with van der Waals surface area (Å²) < 4.78 is 30.5. The molecule has 0 saturated heterocycles. The van der Waals surface area contributed by atoms with Crippen molar-refractivity contribution in [2.24, 2.45) is 0 Å². The lowest BCUT2D eigenvalue weighted by atomic mass is 10.0. The highest BCUT2D eigenvalue weighted by atomic mass is 19.1. The number of nitrogen functional groups attached to an aromatic ring is 1. The number of fused-ring (bicyclic) bond motifs is 1. The van der Waals surface area contributed by atoms with Gasteiger partial charge in [-0.15, -0.1) is 0 Å². The molecule has 0 fully saturated rings. The van der Waals surface area contributed by atoms with E-state index in [4.69, 9.17) is 19.7 Å². The van der Waals surface area contributed by atoms with Gasteiger partial charge in [-0.1, -0.05) is 5.16 Å². The van der Waals surface area contributed by atoms with E-state index in [0.717, 1.165) is 5.56 Å². The molecule has 172 valence electrons. The smallest absolute Gasteiger partial charge is 0.306 e. The van der Waals surface area contributed by atoms with Crippen molar-refractivity contribution in [2.75, 3.05) is 12.3 Å². The summed E-state index contributed by atoms with van der Waals surface area (Å²) in [5.74, 6) is 0.311. The fourth-order valence-electron chi connectivity index (χ4n) is 3.60. The molecular formula is C24H25FN4O4.